The van der Waals surface area contributed by atoms with Crippen molar-refractivity contribution < 1.29 is 9.21 Å². The molecule has 1 aromatic carbocycles. The molecule has 1 amide bonds. The molecule has 1 saturated heterocycles. The maximum Gasteiger partial charge on any atom is 0.349 e. The molecule has 0 radical (unpaired) electrons. The maximum absolute atomic E-state index is 12.8. The van der Waals surface area contributed by atoms with Crippen LogP contribution in [0.4, 0.5) is 0 Å². The summed E-state index contributed by atoms with van der Waals surface area (Å²) in [4.78, 5) is 26.7. The SMILES string of the molecule is Cl.NCCC1CCCCN1C(=O)c1cc2ccccc2oc1=O. The van der Waals surface area contributed by atoms with Crippen molar-refractivity contribution in [1.82, 2.24) is 4.90 Å². The molecule has 2 aromatic rings. The zero-order valence-electron chi connectivity index (χ0n) is 12.9. The molecule has 3 rings (SSSR count). The van der Waals surface area contributed by atoms with Crippen molar-refractivity contribution in [2.24, 2.45) is 5.73 Å². The van der Waals surface area contributed by atoms with Crippen LogP contribution in [0.25, 0.3) is 11.0 Å². The molecule has 2 N–H and O–H groups in total. The Hall–Kier alpha value is -1.85. The second kappa shape index (κ2) is 7.62. The van der Waals surface area contributed by atoms with E-state index in [1.165, 1.54) is 0 Å². The Bertz CT molecular complexity index is 742. The molecule has 0 aliphatic carbocycles. The van der Waals surface area contributed by atoms with Gasteiger partial charge in [-0.1, -0.05) is 18.2 Å². The number of piperidine rings is 1. The van der Waals surface area contributed by atoms with Crippen molar-refractivity contribution in [2.75, 3.05) is 13.1 Å². The highest BCUT2D eigenvalue weighted by atomic mass is 35.5. The summed E-state index contributed by atoms with van der Waals surface area (Å²) in [7, 11) is 0. The molecule has 5 nitrogen and oxygen atoms in total. The number of hydrogen-bond acceptors (Lipinski definition) is 4. The van der Waals surface area contributed by atoms with Gasteiger partial charge < -0.3 is 15.1 Å². The van der Waals surface area contributed by atoms with Crippen LogP contribution in [0.2, 0.25) is 0 Å². The molecule has 1 atom stereocenters. The molecule has 124 valence electrons. The van der Waals surface area contributed by atoms with Gasteiger partial charge in [0.25, 0.3) is 5.91 Å². The third kappa shape index (κ3) is 3.57. The smallest absolute Gasteiger partial charge is 0.349 e. The first kappa shape index (κ1) is 17.5. The topological polar surface area (TPSA) is 76.5 Å². The fourth-order valence-electron chi connectivity index (χ4n) is 3.13. The summed E-state index contributed by atoms with van der Waals surface area (Å²) < 4.78 is 5.27. The number of likely N-dealkylation sites (tertiary alicyclic amines) is 1. The summed E-state index contributed by atoms with van der Waals surface area (Å²) in [6.45, 7) is 1.22. The predicted molar refractivity (Wildman–Crippen MR) is 92.1 cm³/mol. The molecule has 23 heavy (non-hydrogen) atoms. The molecular weight excluding hydrogens is 316 g/mol. The molecular formula is C17H21ClN2O3. The molecule has 1 unspecified atom stereocenters. The van der Waals surface area contributed by atoms with Gasteiger partial charge in [0.15, 0.2) is 0 Å². The van der Waals surface area contributed by atoms with E-state index in [4.69, 9.17) is 10.2 Å². The number of benzene rings is 1. The Labute approximate surface area is 140 Å². The van der Waals surface area contributed by atoms with Crippen molar-refractivity contribution >= 4 is 29.3 Å². The fourth-order valence-corrected chi connectivity index (χ4v) is 3.13. The van der Waals surface area contributed by atoms with Crippen molar-refractivity contribution in [3.63, 3.8) is 0 Å². The summed E-state index contributed by atoms with van der Waals surface area (Å²) in [5, 5.41) is 0.762. The van der Waals surface area contributed by atoms with Gasteiger partial charge in [-0.05, 0) is 44.4 Å². The van der Waals surface area contributed by atoms with Crippen LogP contribution in [0.1, 0.15) is 36.0 Å². The number of carbonyl (C=O) groups is 1. The van der Waals surface area contributed by atoms with Crippen LogP contribution in [0, 0.1) is 0 Å². The Morgan fingerprint density at radius 3 is 2.87 bits per heavy atom. The zero-order chi connectivity index (χ0) is 15.5. The summed E-state index contributed by atoms with van der Waals surface area (Å²) in [5.74, 6) is -0.238. The van der Waals surface area contributed by atoms with E-state index < -0.39 is 5.63 Å². The van der Waals surface area contributed by atoms with Gasteiger partial charge in [0.05, 0.1) is 0 Å². The number of hydrogen-bond donors (Lipinski definition) is 1. The molecule has 0 spiro atoms. The summed E-state index contributed by atoms with van der Waals surface area (Å²) >= 11 is 0. The Kier molecular flexibility index (Phi) is 5.80. The monoisotopic (exact) mass is 336 g/mol. The molecule has 2 heterocycles. The lowest BCUT2D eigenvalue weighted by molar-refractivity contribution is 0.0601. The van der Waals surface area contributed by atoms with Gasteiger partial charge in [-0.3, -0.25) is 4.79 Å². The Morgan fingerprint density at radius 1 is 1.30 bits per heavy atom. The minimum Gasteiger partial charge on any atom is -0.422 e. The van der Waals surface area contributed by atoms with Crippen LogP contribution in [0.15, 0.2) is 39.5 Å². The zero-order valence-corrected chi connectivity index (χ0v) is 13.7. The van der Waals surface area contributed by atoms with Crippen LogP contribution in [0.5, 0.6) is 0 Å². The Morgan fingerprint density at radius 2 is 2.09 bits per heavy atom. The van der Waals surface area contributed by atoms with Crippen molar-refractivity contribution in [1.29, 1.82) is 0 Å². The lowest BCUT2D eigenvalue weighted by Gasteiger charge is -2.35. The van der Waals surface area contributed by atoms with E-state index in [1.807, 2.05) is 12.1 Å². The van der Waals surface area contributed by atoms with E-state index >= 15 is 0 Å². The van der Waals surface area contributed by atoms with Crippen LogP contribution in [-0.4, -0.2) is 29.9 Å². The second-order valence-corrected chi connectivity index (χ2v) is 5.71. The predicted octanol–water partition coefficient (Wildman–Crippen LogP) is 2.56. The lowest BCUT2D eigenvalue weighted by atomic mass is 9.98. The lowest BCUT2D eigenvalue weighted by Crippen LogP contribution is -2.45. The average molecular weight is 337 g/mol. The first-order valence-corrected chi connectivity index (χ1v) is 7.74. The molecule has 6 heteroatoms. The summed E-state index contributed by atoms with van der Waals surface area (Å²) in [6.07, 6.45) is 3.78. The molecule has 0 bridgehead atoms. The number of halogens is 1. The first-order valence-electron chi connectivity index (χ1n) is 7.74. The van der Waals surface area contributed by atoms with E-state index in [0.717, 1.165) is 31.1 Å². The van der Waals surface area contributed by atoms with Crippen LogP contribution < -0.4 is 11.4 Å². The van der Waals surface area contributed by atoms with Crippen LogP contribution in [0.3, 0.4) is 0 Å². The highest BCUT2D eigenvalue weighted by Gasteiger charge is 2.28. The number of nitrogens with two attached hydrogens (primary N) is 1. The maximum atomic E-state index is 12.8. The van der Waals surface area contributed by atoms with Crippen molar-refractivity contribution in [3.8, 4) is 0 Å². The minimum atomic E-state index is -0.569. The van der Waals surface area contributed by atoms with Gasteiger partial charge >= 0.3 is 5.63 Å². The van der Waals surface area contributed by atoms with Crippen molar-refractivity contribution in [3.05, 3.63) is 46.3 Å². The summed E-state index contributed by atoms with van der Waals surface area (Å²) in [6, 6.07) is 8.98. The van der Waals surface area contributed by atoms with Gasteiger partial charge in [-0.25, -0.2) is 4.79 Å². The van der Waals surface area contributed by atoms with Gasteiger partial charge in [0, 0.05) is 18.0 Å². The average Bonchev–Trinajstić information content (AvgIpc) is 2.54. The van der Waals surface area contributed by atoms with Crippen LogP contribution >= 0.6 is 12.4 Å². The van der Waals surface area contributed by atoms with E-state index in [1.54, 1.807) is 23.1 Å². The van der Waals surface area contributed by atoms with E-state index in [9.17, 15) is 9.59 Å². The molecule has 0 saturated carbocycles. The third-order valence-electron chi connectivity index (χ3n) is 4.26. The Balaban J connectivity index is 0.00000192. The second-order valence-electron chi connectivity index (χ2n) is 5.71. The number of para-hydroxylation sites is 1. The van der Waals surface area contributed by atoms with Gasteiger partial charge in [0.1, 0.15) is 11.1 Å². The standard InChI is InChI=1S/C17H20N2O3.ClH/c18-9-8-13-6-3-4-10-19(13)16(20)14-11-12-5-1-2-7-15(12)22-17(14)21;/h1-2,5,7,11,13H,3-4,6,8-10,18H2;1H. The van der Waals surface area contributed by atoms with E-state index in [2.05, 4.69) is 0 Å². The number of rotatable bonds is 3. The number of amides is 1. The van der Waals surface area contributed by atoms with Gasteiger partial charge in [-0.2, -0.15) is 0 Å². The highest BCUT2D eigenvalue weighted by Crippen LogP contribution is 2.22. The summed E-state index contributed by atoms with van der Waals surface area (Å²) in [5.41, 5.74) is 5.69. The number of nitrogens with zero attached hydrogens (tertiary/aromatic N) is 1. The molecule has 1 aliphatic rings. The molecule has 1 aromatic heterocycles. The third-order valence-corrected chi connectivity index (χ3v) is 4.26. The van der Waals surface area contributed by atoms with E-state index in [-0.39, 0.29) is 29.9 Å². The number of fused-ring (bicyclic) bond motifs is 1. The largest absolute Gasteiger partial charge is 0.422 e. The molecule has 1 aliphatic heterocycles. The fraction of sp³-hybridized carbons (Fsp3) is 0.412. The normalized spacial score (nSPS) is 17.8. The van der Waals surface area contributed by atoms with E-state index in [0.29, 0.717) is 18.7 Å². The van der Waals surface area contributed by atoms with Crippen LogP contribution in [-0.2, 0) is 0 Å². The van der Waals surface area contributed by atoms with Gasteiger partial charge in [0.2, 0.25) is 0 Å². The van der Waals surface area contributed by atoms with Crippen molar-refractivity contribution in [2.45, 2.75) is 31.7 Å². The number of carbonyl (C=O) groups excluding carboxylic acids is 1. The highest BCUT2D eigenvalue weighted by molar-refractivity contribution is 5.96. The van der Waals surface area contributed by atoms with Gasteiger partial charge in [-0.15, -0.1) is 12.4 Å². The first-order chi connectivity index (χ1) is 10.7. The minimum absolute atomic E-state index is 0. The quantitative estimate of drug-likeness (QED) is 0.874. The molecule has 1 fully saturated rings.